The normalized spacial score (nSPS) is 16.6. The number of carbonyl (C=O) groups excluding carboxylic acids is 2. The van der Waals surface area contributed by atoms with Crippen LogP contribution in [0.2, 0.25) is 0 Å². The lowest BCUT2D eigenvalue weighted by Crippen LogP contribution is -2.54. The number of benzene rings is 1. The third-order valence-electron chi connectivity index (χ3n) is 4.52. The lowest BCUT2D eigenvalue weighted by molar-refractivity contribution is -0.143. The molecule has 31 heavy (non-hydrogen) atoms. The molecule has 0 spiro atoms. The predicted octanol–water partition coefficient (Wildman–Crippen LogP) is 3.83. The molecular weight excluding hydrogens is 435 g/mol. The summed E-state index contributed by atoms with van der Waals surface area (Å²) < 4.78 is 48.6. The fourth-order valence-electron chi connectivity index (χ4n) is 3.19. The molecule has 1 saturated heterocycles. The topological polar surface area (TPSA) is 71.1 Å². The number of hydrogen-bond acceptors (Lipinski definition) is 5. The minimum absolute atomic E-state index is 0.0710. The van der Waals surface area contributed by atoms with Gasteiger partial charge >= 0.3 is 6.09 Å². The van der Waals surface area contributed by atoms with Crippen LogP contribution in [-0.2, 0) is 20.0 Å². The molecule has 1 fully saturated rings. The van der Waals surface area contributed by atoms with Crippen molar-refractivity contribution < 1.29 is 30.7 Å². The van der Waals surface area contributed by atoms with Crippen LogP contribution >= 0.6 is 11.2 Å². The largest absolute Gasteiger partial charge is 0.434 e. The van der Waals surface area contributed by atoms with Crippen molar-refractivity contribution in [1.82, 2.24) is 10.2 Å². The van der Waals surface area contributed by atoms with Gasteiger partial charge in [-0.25, -0.2) is 4.79 Å². The maximum absolute atomic E-state index is 12.8. The van der Waals surface area contributed by atoms with E-state index < -0.39 is 34.7 Å². The van der Waals surface area contributed by atoms with Gasteiger partial charge in [0.1, 0.15) is 0 Å². The van der Waals surface area contributed by atoms with Gasteiger partial charge in [-0.05, 0) is 38.5 Å². The zero-order valence-corrected chi connectivity index (χ0v) is 19.0. The van der Waals surface area contributed by atoms with Gasteiger partial charge in [0.15, 0.2) is 0 Å². The molecule has 11 heteroatoms. The number of anilines is 1. The van der Waals surface area contributed by atoms with Gasteiger partial charge in [-0.15, -0.1) is 11.7 Å². The summed E-state index contributed by atoms with van der Waals surface area (Å²) in [6, 6.07) is 6.40. The molecule has 0 aliphatic carbocycles. The van der Waals surface area contributed by atoms with Gasteiger partial charge in [-0.1, -0.05) is 12.1 Å². The molecule has 1 aromatic carbocycles. The quantitative estimate of drug-likeness (QED) is 0.663. The molecule has 1 atom stereocenters. The van der Waals surface area contributed by atoms with E-state index in [0.717, 1.165) is 0 Å². The molecule has 1 unspecified atom stereocenters. The van der Waals surface area contributed by atoms with Crippen LogP contribution in [0.5, 0.6) is 0 Å². The molecule has 1 heterocycles. The number of ether oxygens (including phenoxy) is 2. The van der Waals surface area contributed by atoms with E-state index in [1.165, 1.54) is 13.2 Å². The second-order valence-electron chi connectivity index (χ2n) is 8.35. The maximum Gasteiger partial charge on any atom is 0.408 e. The lowest BCUT2D eigenvalue weighted by atomic mass is 10.1. The van der Waals surface area contributed by atoms with Gasteiger partial charge in [0.2, 0.25) is 17.3 Å². The predicted molar refractivity (Wildman–Crippen MR) is 115 cm³/mol. The lowest BCUT2D eigenvalue weighted by Gasteiger charge is -2.37. The highest BCUT2D eigenvalue weighted by molar-refractivity contribution is 8.20. The Kier molecular flexibility index (Phi) is 8.47. The standard InChI is InChI=1S/C20H30F3N3O4S/c1-20(2,3)24-19(28)30-17(13-29-4)18(27)26-10-8-25(9-11-26)16-7-5-6-15(12-16)14-31(21,22)23/h5-7,12,17H,8-11,13-14H2,1-4H3,(H,24,28). The molecule has 1 aromatic rings. The van der Waals surface area contributed by atoms with E-state index in [-0.39, 0.29) is 18.1 Å². The number of amides is 2. The van der Waals surface area contributed by atoms with E-state index in [1.54, 1.807) is 43.9 Å². The average molecular weight is 466 g/mol. The summed E-state index contributed by atoms with van der Waals surface area (Å²) in [6.07, 6.45) is -1.78. The first-order chi connectivity index (χ1) is 14.4. The van der Waals surface area contributed by atoms with Crippen molar-refractivity contribution in [1.29, 1.82) is 0 Å². The summed E-state index contributed by atoms with van der Waals surface area (Å²) in [6.45, 7) is 6.96. The van der Waals surface area contributed by atoms with Crippen molar-refractivity contribution >= 4 is 28.9 Å². The van der Waals surface area contributed by atoms with Crippen molar-refractivity contribution in [2.24, 2.45) is 0 Å². The molecule has 0 aromatic heterocycles. The number of halogens is 3. The summed E-state index contributed by atoms with van der Waals surface area (Å²) in [5, 5.41) is 2.64. The van der Waals surface area contributed by atoms with Crippen molar-refractivity contribution in [3.05, 3.63) is 29.8 Å². The number of hydrogen-bond donors (Lipinski definition) is 1. The fourth-order valence-corrected chi connectivity index (χ4v) is 3.75. The van der Waals surface area contributed by atoms with Crippen LogP contribution in [-0.4, -0.2) is 68.4 Å². The molecule has 0 bridgehead atoms. The van der Waals surface area contributed by atoms with Crippen LogP contribution in [0.15, 0.2) is 24.3 Å². The van der Waals surface area contributed by atoms with E-state index >= 15 is 0 Å². The molecule has 0 radical (unpaired) electrons. The first kappa shape index (κ1) is 25.1. The summed E-state index contributed by atoms with van der Waals surface area (Å²) in [5.41, 5.74) is 0.422. The van der Waals surface area contributed by atoms with E-state index in [1.807, 2.05) is 4.90 Å². The Morgan fingerprint density at radius 2 is 1.81 bits per heavy atom. The Labute approximate surface area is 183 Å². The maximum atomic E-state index is 12.8. The van der Waals surface area contributed by atoms with Gasteiger partial charge in [-0.2, -0.15) is 0 Å². The van der Waals surface area contributed by atoms with Crippen molar-refractivity contribution in [3.63, 3.8) is 0 Å². The number of nitrogens with zero attached hydrogens (tertiary/aromatic N) is 2. The fraction of sp³-hybridized carbons (Fsp3) is 0.600. The smallest absolute Gasteiger partial charge is 0.408 e. The first-order valence-corrected chi connectivity index (χ1v) is 11.4. The van der Waals surface area contributed by atoms with E-state index in [9.17, 15) is 21.2 Å². The molecule has 0 saturated carbocycles. The highest BCUT2D eigenvalue weighted by atomic mass is 32.3. The van der Waals surface area contributed by atoms with Crippen LogP contribution in [0.1, 0.15) is 26.3 Å². The Hall–Kier alpha value is -2.14. The van der Waals surface area contributed by atoms with Gasteiger partial charge < -0.3 is 24.6 Å². The highest BCUT2D eigenvalue weighted by Crippen LogP contribution is 2.56. The monoisotopic (exact) mass is 465 g/mol. The van der Waals surface area contributed by atoms with E-state index in [2.05, 4.69) is 5.32 Å². The molecule has 2 amide bonds. The molecule has 1 N–H and O–H groups in total. The van der Waals surface area contributed by atoms with Gasteiger partial charge in [0.05, 0.1) is 12.4 Å². The third-order valence-corrected chi connectivity index (χ3v) is 5.18. The molecule has 2 rings (SSSR count). The van der Waals surface area contributed by atoms with Crippen LogP contribution < -0.4 is 10.2 Å². The summed E-state index contributed by atoms with van der Waals surface area (Å²) in [4.78, 5) is 28.4. The van der Waals surface area contributed by atoms with Gasteiger partial charge in [-0.3, -0.25) is 4.79 Å². The van der Waals surface area contributed by atoms with Crippen molar-refractivity contribution in [2.75, 3.05) is 44.8 Å². The van der Waals surface area contributed by atoms with Crippen LogP contribution in [0.4, 0.5) is 22.1 Å². The first-order valence-electron chi connectivity index (χ1n) is 9.88. The summed E-state index contributed by atoms with van der Waals surface area (Å²) >= 11 is -5.11. The second kappa shape index (κ2) is 10.4. The number of rotatable bonds is 7. The summed E-state index contributed by atoms with van der Waals surface area (Å²) in [5.74, 6) is -1.26. The zero-order valence-electron chi connectivity index (χ0n) is 18.2. The molecule has 1 aliphatic rings. The summed E-state index contributed by atoms with van der Waals surface area (Å²) in [7, 11) is 1.42. The average Bonchev–Trinajstić information content (AvgIpc) is 2.64. The van der Waals surface area contributed by atoms with Crippen molar-refractivity contribution in [3.8, 4) is 0 Å². The van der Waals surface area contributed by atoms with Crippen LogP contribution in [0, 0.1) is 0 Å². The molecule has 176 valence electrons. The van der Waals surface area contributed by atoms with E-state index in [0.29, 0.717) is 31.9 Å². The number of methoxy groups -OCH3 is 1. The minimum atomic E-state index is -5.11. The Morgan fingerprint density at radius 3 is 2.35 bits per heavy atom. The van der Waals surface area contributed by atoms with E-state index in [4.69, 9.17) is 9.47 Å². The van der Waals surface area contributed by atoms with Gasteiger partial charge in [0, 0.05) is 44.5 Å². The molecule has 7 nitrogen and oxygen atoms in total. The number of nitrogens with one attached hydrogen (secondary N) is 1. The number of alkyl carbamates (subject to hydrolysis) is 1. The van der Waals surface area contributed by atoms with Crippen molar-refractivity contribution in [2.45, 2.75) is 38.2 Å². The Morgan fingerprint density at radius 1 is 1.16 bits per heavy atom. The number of piperazine rings is 1. The molecule has 1 aliphatic heterocycles. The van der Waals surface area contributed by atoms with Crippen LogP contribution in [0.3, 0.4) is 0 Å². The van der Waals surface area contributed by atoms with Crippen LogP contribution in [0.25, 0.3) is 0 Å². The SMILES string of the molecule is COCC(OC(=O)NC(C)(C)C)C(=O)N1CCN(c2cccc(CS(F)(F)F)c2)CC1. The number of carbonyl (C=O) groups is 2. The zero-order chi connectivity index (χ0) is 23.2. The van der Waals surface area contributed by atoms with Gasteiger partial charge in [0.25, 0.3) is 5.91 Å². The minimum Gasteiger partial charge on any atom is -0.434 e. The molecular formula is C20H30F3N3O4S. The second-order valence-corrected chi connectivity index (χ2v) is 9.65. The Bertz CT molecular complexity index is 763. The third kappa shape index (κ3) is 8.48. The Balaban J connectivity index is 1.96. The highest BCUT2D eigenvalue weighted by Gasteiger charge is 2.31.